The molecule has 10 heteroatoms. The number of nitrogens with one attached hydrogen (secondary N) is 1. The Bertz CT molecular complexity index is 801. The van der Waals surface area contributed by atoms with Crippen molar-refractivity contribution in [2.75, 3.05) is 26.2 Å². The molecule has 2 aromatic rings. The van der Waals surface area contributed by atoms with Crippen molar-refractivity contribution >= 4 is 41.3 Å². The number of likely N-dealkylation sites (tertiary alicyclic amines) is 1. The molecular formula is C20H26F3IN4OS. The van der Waals surface area contributed by atoms with Gasteiger partial charge in [0.2, 0.25) is 0 Å². The number of aromatic nitrogens is 1. The van der Waals surface area contributed by atoms with Gasteiger partial charge in [-0.25, -0.2) is 9.98 Å². The number of guanidine groups is 1. The Hall–Kier alpha value is -1.40. The molecule has 1 aromatic carbocycles. The summed E-state index contributed by atoms with van der Waals surface area (Å²) in [5.41, 5.74) is 0.299. The third-order valence-electron chi connectivity index (χ3n) is 4.59. The zero-order valence-corrected chi connectivity index (χ0v) is 19.8. The minimum Gasteiger partial charge on any atom is -0.376 e. The molecule has 1 unspecified atom stereocenters. The van der Waals surface area contributed by atoms with E-state index >= 15 is 0 Å². The van der Waals surface area contributed by atoms with E-state index in [0.29, 0.717) is 36.6 Å². The molecule has 5 nitrogen and oxygen atoms in total. The lowest BCUT2D eigenvalue weighted by molar-refractivity contribution is -0.140. The van der Waals surface area contributed by atoms with Gasteiger partial charge in [-0.2, -0.15) is 13.2 Å². The molecule has 1 aliphatic rings. The number of halogens is 4. The van der Waals surface area contributed by atoms with E-state index in [1.807, 2.05) is 37.3 Å². The summed E-state index contributed by atoms with van der Waals surface area (Å²) in [5.74, 6) is 1.11. The van der Waals surface area contributed by atoms with Crippen molar-refractivity contribution in [3.05, 3.63) is 52.0 Å². The van der Waals surface area contributed by atoms with Gasteiger partial charge in [0.25, 0.3) is 0 Å². The molecule has 30 heavy (non-hydrogen) atoms. The quantitative estimate of drug-likeness (QED) is 0.304. The van der Waals surface area contributed by atoms with Crippen molar-refractivity contribution in [2.24, 2.45) is 10.9 Å². The number of thiazole rings is 1. The summed E-state index contributed by atoms with van der Waals surface area (Å²) in [6.07, 6.45) is -3.42. The Morgan fingerprint density at radius 2 is 2.10 bits per heavy atom. The fourth-order valence-electron chi connectivity index (χ4n) is 3.16. The molecule has 1 aromatic heterocycles. The first-order valence-corrected chi connectivity index (χ1v) is 10.5. The predicted molar refractivity (Wildman–Crippen MR) is 123 cm³/mol. The fraction of sp³-hybridized carbons (Fsp3) is 0.500. The van der Waals surface area contributed by atoms with Gasteiger partial charge in [-0.15, -0.1) is 35.3 Å². The Kier molecular flexibility index (Phi) is 9.82. The van der Waals surface area contributed by atoms with Crippen molar-refractivity contribution in [2.45, 2.75) is 32.7 Å². The number of rotatable bonds is 7. The van der Waals surface area contributed by atoms with E-state index in [9.17, 15) is 13.2 Å². The van der Waals surface area contributed by atoms with Crippen molar-refractivity contribution in [3.63, 3.8) is 0 Å². The second-order valence-corrected chi connectivity index (χ2v) is 7.84. The molecule has 166 valence electrons. The van der Waals surface area contributed by atoms with E-state index < -0.39 is 11.9 Å². The third kappa shape index (κ3) is 7.38. The van der Waals surface area contributed by atoms with Crippen LogP contribution in [-0.4, -0.2) is 42.1 Å². The molecule has 0 bridgehead atoms. The fourth-order valence-corrected chi connectivity index (χ4v) is 3.88. The molecule has 3 rings (SSSR count). The van der Waals surface area contributed by atoms with Gasteiger partial charge in [-0.05, 0) is 18.9 Å². The zero-order chi connectivity index (χ0) is 20.7. The molecule has 1 aliphatic heterocycles. The molecule has 0 amide bonds. The largest absolute Gasteiger partial charge is 0.434 e. The van der Waals surface area contributed by atoms with Crippen LogP contribution in [0.3, 0.4) is 0 Å². The highest BCUT2D eigenvalue weighted by Crippen LogP contribution is 2.30. The average Bonchev–Trinajstić information content (AvgIpc) is 3.36. The van der Waals surface area contributed by atoms with Crippen LogP contribution < -0.4 is 5.32 Å². The van der Waals surface area contributed by atoms with E-state index in [0.717, 1.165) is 41.8 Å². The van der Waals surface area contributed by atoms with Crippen LogP contribution in [0.25, 0.3) is 0 Å². The van der Waals surface area contributed by atoms with Crippen molar-refractivity contribution in [1.82, 2.24) is 15.2 Å². The van der Waals surface area contributed by atoms with Gasteiger partial charge < -0.3 is 15.0 Å². The van der Waals surface area contributed by atoms with Crippen molar-refractivity contribution < 1.29 is 17.9 Å². The average molecular weight is 554 g/mol. The molecule has 0 spiro atoms. The first-order valence-electron chi connectivity index (χ1n) is 9.62. The third-order valence-corrected chi connectivity index (χ3v) is 5.43. The van der Waals surface area contributed by atoms with Crippen LogP contribution in [0.5, 0.6) is 0 Å². The topological polar surface area (TPSA) is 49.8 Å². The summed E-state index contributed by atoms with van der Waals surface area (Å²) in [6.45, 7) is 5.72. The normalized spacial score (nSPS) is 17.1. The molecule has 0 saturated carbocycles. The first kappa shape index (κ1) is 24.9. The highest BCUT2D eigenvalue weighted by Gasteiger charge is 2.33. The lowest BCUT2D eigenvalue weighted by Gasteiger charge is -2.21. The summed E-state index contributed by atoms with van der Waals surface area (Å²) in [5, 5.41) is 4.62. The second kappa shape index (κ2) is 11.8. The monoisotopic (exact) mass is 554 g/mol. The van der Waals surface area contributed by atoms with Crippen LogP contribution in [0.2, 0.25) is 0 Å². The number of benzene rings is 1. The molecule has 0 aliphatic carbocycles. The van der Waals surface area contributed by atoms with Crippen molar-refractivity contribution in [1.29, 1.82) is 0 Å². The van der Waals surface area contributed by atoms with Crippen molar-refractivity contribution in [3.8, 4) is 0 Å². The number of alkyl halides is 3. The van der Waals surface area contributed by atoms with Crippen LogP contribution in [0.4, 0.5) is 13.2 Å². The van der Waals surface area contributed by atoms with Gasteiger partial charge in [0.1, 0.15) is 5.01 Å². The summed E-state index contributed by atoms with van der Waals surface area (Å²) in [7, 11) is 0. The van der Waals surface area contributed by atoms with Crippen LogP contribution >= 0.6 is 35.3 Å². The molecule has 1 saturated heterocycles. The summed E-state index contributed by atoms with van der Waals surface area (Å²) in [6, 6.07) is 10.1. The molecule has 1 fully saturated rings. The van der Waals surface area contributed by atoms with E-state index in [-0.39, 0.29) is 30.5 Å². The van der Waals surface area contributed by atoms with Crippen LogP contribution in [0.1, 0.15) is 29.6 Å². The maximum Gasteiger partial charge on any atom is 0.434 e. The first-order chi connectivity index (χ1) is 14.0. The van der Waals surface area contributed by atoms with Gasteiger partial charge in [0.15, 0.2) is 11.7 Å². The van der Waals surface area contributed by atoms with E-state index in [2.05, 4.69) is 20.2 Å². The number of aliphatic imine (C=N–C) groups is 1. The van der Waals surface area contributed by atoms with Crippen LogP contribution in [-0.2, 0) is 24.1 Å². The van der Waals surface area contributed by atoms with Gasteiger partial charge in [-0.3, -0.25) is 0 Å². The summed E-state index contributed by atoms with van der Waals surface area (Å²) >= 11 is 0.984. The van der Waals surface area contributed by atoms with Crippen LogP contribution in [0, 0.1) is 5.92 Å². The maximum atomic E-state index is 12.7. The molecule has 1 N–H and O–H groups in total. The van der Waals surface area contributed by atoms with E-state index in [1.165, 1.54) is 0 Å². The Morgan fingerprint density at radius 1 is 1.33 bits per heavy atom. The minimum atomic E-state index is -4.41. The van der Waals surface area contributed by atoms with Gasteiger partial charge in [0, 0.05) is 30.9 Å². The molecule has 0 radical (unpaired) electrons. The zero-order valence-electron chi connectivity index (χ0n) is 16.7. The van der Waals surface area contributed by atoms with Crippen LogP contribution in [0.15, 0.2) is 40.7 Å². The summed E-state index contributed by atoms with van der Waals surface area (Å²) < 4.78 is 43.9. The number of ether oxygens (including phenoxy) is 1. The molecular weight excluding hydrogens is 528 g/mol. The van der Waals surface area contributed by atoms with Gasteiger partial charge >= 0.3 is 6.18 Å². The standard InChI is InChI=1S/C20H25F3N4OS.HI/c1-2-24-19(25-10-18-26-17(14-29-18)20(21,22)23)27-9-8-16(11-27)13-28-12-15-6-4-3-5-7-15;/h3-7,14,16H,2,8-13H2,1H3,(H,24,25);1H. The minimum absolute atomic E-state index is 0. The maximum absolute atomic E-state index is 12.7. The molecule has 1 atom stereocenters. The summed E-state index contributed by atoms with van der Waals surface area (Å²) in [4.78, 5) is 10.3. The predicted octanol–water partition coefficient (Wildman–Crippen LogP) is 4.78. The molecule has 2 heterocycles. The smallest absolute Gasteiger partial charge is 0.376 e. The second-order valence-electron chi connectivity index (χ2n) is 6.90. The number of hydrogen-bond donors (Lipinski definition) is 1. The Balaban J connectivity index is 0.00000320. The van der Waals surface area contributed by atoms with E-state index in [4.69, 9.17) is 4.74 Å². The highest BCUT2D eigenvalue weighted by molar-refractivity contribution is 14.0. The lowest BCUT2D eigenvalue weighted by Crippen LogP contribution is -2.40. The van der Waals surface area contributed by atoms with E-state index in [1.54, 1.807) is 0 Å². The Labute approximate surface area is 195 Å². The van der Waals surface area contributed by atoms with Gasteiger partial charge in [-0.1, -0.05) is 30.3 Å². The highest BCUT2D eigenvalue weighted by atomic mass is 127. The van der Waals surface area contributed by atoms with Gasteiger partial charge in [0.05, 0.1) is 19.8 Å². The number of hydrogen-bond acceptors (Lipinski definition) is 4. The SMILES string of the molecule is CCNC(=NCc1nc(C(F)(F)F)cs1)N1CCC(COCc2ccccc2)C1.I. The Morgan fingerprint density at radius 3 is 2.77 bits per heavy atom. The number of nitrogens with zero attached hydrogens (tertiary/aromatic N) is 3. The lowest BCUT2D eigenvalue weighted by atomic mass is 10.1.